The van der Waals surface area contributed by atoms with E-state index in [1.54, 1.807) is 24.3 Å². The Labute approximate surface area is 136 Å². The predicted molar refractivity (Wildman–Crippen MR) is 87.5 cm³/mol. The lowest BCUT2D eigenvalue weighted by Crippen LogP contribution is -2.25. The molecule has 0 radical (unpaired) electrons. The SMILES string of the molecule is CC(=O)Nc1cccc(C(=O)NCCCOCC2CCCO2)c1. The molecule has 1 aliphatic heterocycles. The quantitative estimate of drug-likeness (QED) is 0.718. The second-order valence-corrected chi connectivity index (χ2v) is 5.58. The molecule has 1 unspecified atom stereocenters. The molecule has 6 heteroatoms. The van der Waals surface area contributed by atoms with Crippen molar-refractivity contribution in [2.24, 2.45) is 0 Å². The van der Waals surface area contributed by atoms with Crippen molar-refractivity contribution in [2.75, 3.05) is 31.7 Å². The third-order valence-corrected chi connectivity index (χ3v) is 3.52. The van der Waals surface area contributed by atoms with Crippen LogP contribution in [0.4, 0.5) is 5.69 Å². The molecule has 0 bridgehead atoms. The molecular formula is C17H24N2O4. The number of anilines is 1. The number of benzene rings is 1. The van der Waals surface area contributed by atoms with Gasteiger partial charge in [0.15, 0.2) is 0 Å². The highest BCUT2D eigenvalue weighted by atomic mass is 16.5. The molecule has 2 amide bonds. The maximum absolute atomic E-state index is 12.0. The maximum atomic E-state index is 12.0. The summed E-state index contributed by atoms with van der Waals surface area (Å²) in [5.74, 6) is -0.317. The summed E-state index contributed by atoms with van der Waals surface area (Å²) in [6.07, 6.45) is 3.17. The first-order chi connectivity index (χ1) is 11.1. The lowest BCUT2D eigenvalue weighted by Gasteiger charge is -2.10. The van der Waals surface area contributed by atoms with E-state index in [0.717, 1.165) is 25.9 Å². The minimum atomic E-state index is -0.161. The first-order valence-corrected chi connectivity index (χ1v) is 8.00. The van der Waals surface area contributed by atoms with E-state index in [1.807, 2.05) is 0 Å². The van der Waals surface area contributed by atoms with Crippen LogP contribution in [-0.2, 0) is 14.3 Å². The summed E-state index contributed by atoms with van der Waals surface area (Å²) in [7, 11) is 0. The van der Waals surface area contributed by atoms with Crippen molar-refractivity contribution in [1.82, 2.24) is 5.32 Å². The molecule has 0 saturated carbocycles. The Morgan fingerprint density at radius 2 is 2.26 bits per heavy atom. The number of rotatable bonds is 8. The summed E-state index contributed by atoms with van der Waals surface area (Å²) < 4.78 is 11.0. The zero-order chi connectivity index (χ0) is 16.5. The molecule has 0 spiro atoms. The summed E-state index contributed by atoms with van der Waals surface area (Å²) >= 11 is 0. The molecular weight excluding hydrogens is 296 g/mol. The van der Waals surface area contributed by atoms with Crippen molar-refractivity contribution in [3.8, 4) is 0 Å². The molecule has 2 rings (SSSR count). The van der Waals surface area contributed by atoms with Gasteiger partial charge in [-0.15, -0.1) is 0 Å². The monoisotopic (exact) mass is 320 g/mol. The van der Waals surface area contributed by atoms with Crippen LogP contribution in [-0.4, -0.2) is 44.3 Å². The summed E-state index contributed by atoms with van der Waals surface area (Å²) in [5, 5.41) is 5.50. The minimum Gasteiger partial charge on any atom is -0.379 e. The van der Waals surface area contributed by atoms with Crippen molar-refractivity contribution in [1.29, 1.82) is 0 Å². The highest BCUT2D eigenvalue weighted by Crippen LogP contribution is 2.12. The number of carbonyl (C=O) groups excluding carboxylic acids is 2. The second-order valence-electron chi connectivity index (χ2n) is 5.58. The van der Waals surface area contributed by atoms with Gasteiger partial charge in [0.1, 0.15) is 0 Å². The number of ether oxygens (including phenoxy) is 2. The molecule has 1 atom stereocenters. The Kier molecular flexibility index (Phi) is 7.03. The first-order valence-electron chi connectivity index (χ1n) is 8.00. The number of carbonyl (C=O) groups is 2. The van der Waals surface area contributed by atoms with Gasteiger partial charge < -0.3 is 20.1 Å². The molecule has 1 heterocycles. The average molecular weight is 320 g/mol. The Hall–Kier alpha value is -1.92. The molecule has 1 aromatic carbocycles. The van der Waals surface area contributed by atoms with Crippen molar-refractivity contribution in [2.45, 2.75) is 32.3 Å². The van der Waals surface area contributed by atoms with Crippen molar-refractivity contribution in [3.05, 3.63) is 29.8 Å². The standard InChI is InChI=1S/C17H24N2O4/c1-13(20)19-15-6-2-5-14(11-15)17(21)18-8-4-9-22-12-16-7-3-10-23-16/h2,5-6,11,16H,3-4,7-10,12H2,1H3,(H,18,21)(H,19,20). The van der Waals surface area contributed by atoms with E-state index < -0.39 is 0 Å². The van der Waals surface area contributed by atoms with Crippen LogP contribution < -0.4 is 10.6 Å². The highest BCUT2D eigenvalue weighted by molar-refractivity contribution is 5.96. The van der Waals surface area contributed by atoms with Crippen LogP contribution in [0.5, 0.6) is 0 Å². The van der Waals surface area contributed by atoms with Gasteiger partial charge in [0.25, 0.3) is 5.91 Å². The van der Waals surface area contributed by atoms with Gasteiger partial charge in [-0.3, -0.25) is 9.59 Å². The van der Waals surface area contributed by atoms with E-state index in [0.29, 0.717) is 31.0 Å². The van der Waals surface area contributed by atoms with E-state index in [1.165, 1.54) is 6.92 Å². The van der Waals surface area contributed by atoms with Crippen LogP contribution >= 0.6 is 0 Å². The fourth-order valence-corrected chi connectivity index (χ4v) is 2.41. The molecule has 6 nitrogen and oxygen atoms in total. The lowest BCUT2D eigenvalue weighted by molar-refractivity contribution is -0.114. The summed E-state index contributed by atoms with van der Waals surface area (Å²) in [5.41, 5.74) is 1.14. The fourth-order valence-electron chi connectivity index (χ4n) is 2.41. The number of hydrogen-bond acceptors (Lipinski definition) is 4. The zero-order valence-electron chi connectivity index (χ0n) is 13.5. The lowest BCUT2D eigenvalue weighted by atomic mass is 10.2. The van der Waals surface area contributed by atoms with Gasteiger partial charge in [0.05, 0.1) is 12.7 Å². The van der Waals surface area contributed by atoms with Gasteiger partial charge >= 0.3 is 0 Å². The van der Waals surface area contributed by atoms with Gasteiger partial charge in [-0.25, -0.2) is 0 Å². The largest absolute Gasteiger partial charge is 0.379 e. The zero-order valence-corrected chi connectivity index (χ0v) is 13.5. The van der Waals surface area contributed by atoms with E-state index >= 15 is 0 Å². The maximum Gasteiger partial charge on any atom is 0.251 e. The van der Waals surface area contributed by atoms with Gasteiger partial charge in [0.2, 0.25) is 5.91 Å². The van der Waals surface area contributed by atoms with Gasteiger partial charge in [-0.1, -0.05) is 6.07 Å². The van der Waals surface area contributed by atoms with Crippen LogP contribution in [0.25, 0.3) is 0 Å². The topological polar surface area (TPSA) is 76.7 Å². The molecule has 0 aliphatic carbocycles. The Morgan fingerprint density at radius 1 is 1.39 bits per heavy atom. The predicted octanol–water partition coefficient (Wildman–Crippen LogP) is 1.96. The highest BCUT2D eigenvalue weighted by Gasteiger charge is 2.15. The van der Waals surface area contributed by atoms with Crippen LogP contribution in [0, 0.1) is 0 Å². The molecule has 23 heavy (non-hydrogen) atoms. The molecule has 1 aromatic rings. The van der Waals surface area contributed by atoms with Gasteiger partial charge in [-0.05, 0) is 37.5 Å². The van der Waals surface area contributed by atoms with Crippen LogP contribution in [0.15, 0.2) is 24.3 Å². The van der Waals surface area contributed by atoms with Crippen molar-refractivity contribution >= 4 is 17.5 Å². The summed E-state index contributed by atoms with van der Waals surface area (Å²) in [4.78, 5) is 23.1. The third kappa shape index (κ3) is 6.38. The Balaban J connectivity index is 1.63. The molecule has 2 N–H and O–H groups in total. The first kappa shape index (κ1) is 17.4. The fraction of sp³-hybridized carbons (Fsp3) is 0.529. The van der Waals surface area contributed by atoms with Gasteiger partial charge in [-0.2, -0.15) is 0 Å². The molecule has 1 fully saturated rings. The normalized spacial score (nSPS) is 17.0. The third-order valence-electron chi connectivity index (χ3n) is 3.52. The van der Waals surface area contributed by atoms with Crippen LogP contribution in [0.2, 0.25) is 0 Å². The molecule has 126 valence electrons. The van der Waals surface area contributed by atoms with Crippen molar-refractivity contribution in [3.63, 3.8) is 0 Å². The number of hydrogen-bond donors (Lipinski definition) is 2. The Morgan fingerprint density at radius 3 is 3.00 bits per heavy atom. The summed E-state index contributed by atoms with van der Waals surface area (Å²) in [6, 6.07) is 6.86. The van der Waals surface area contributed by atoms with E-state index in [4.69, 9.17) is 9.47 Å². The molecule has 1 saturated heterocycles. The Bertz CT molecular complexity index is 527. The minimum absolute atomic E-state index is 0.156. The second kappa shape index (κ2) is 9.27. The molecule has 0 aromatic heterocycles. The van der Waals surface area contributed by atoms with Crippen LogP contribution in [0.3, 0.4) is 0 Å². The van der Waals surface area contributed by atoms with E-state index in [9.17, 15) is 9.59 Å². The van der Waals surface area contributed by atoms with Crippen molar-refractivity contribution < 1.29 is 19.1 Å². The average Bonchev–Trinajstić information content (AvgIpc) is 3.03. The molecule has 1 aliphatic rings. The van der Waals surface area contributed by atoms with E-state index in [-0.39, 0.29) is 17.9 Å². The number of nitrogens with one attached hydrogen (secondary N) is 2. The summed E-state index contributed by atoms with van der Waals surface area (Å²) in [6.45, 7) is 4.05. The smallest absolute Gasteiger partial charge is 0.251 e. The van der Waals surface area contributed by atoms with E-state index in [2.05, 4.69) is 10.6 Å². The van der Waals surface area contributed by atoms with Crippen LogP contribution in [0.1, 0.15) is 36.5 Å². The number of amides is 2. The van der Waals surface area contributed by atoms with Gasteiger partial charge in [0, 0.05) is 37.9 Å².